The number of rotatable bonds is 6. The summed E-state index contributed by atoms with van der Waals surface area (Å²) in [5.74, 6) is -1.11. The van der Waals surface area contributed by atoms with E-state index in [-0.39, 0.29) is 11.4 Å². The molecule has 0 aliphatic heterocycles. The second-order valence-electron chi connectivity index (χ2n) is 6.87. The standard InChI is InChI=1S/C20H19ClN2O5/c1-12-3-8-16(23(26)27)18(13(12)2)22-17(24)11-28-19(25)20(9-10-20)14-4-6-15(21)7-5-14/h3-8H,9-11H2,1-2H3,(H,22,24). The summed E-state index contributed by atoms with van der Waals surface area (Å²) in [4.78, 5) is 35.4. The van der Waals surface area contributed by atoms with Crippen LogP contribution in [0.5, 0.6) is 0 Å². The van der Waals surface area contributed by atoms with Crippen molar-refractivity contribution in [1.29, 1.82) is 0 Å². The zero-order chi connectivity index (χ0) is 20.5. The first-order valence-corrected chi connectivity index (χ1v) is 9.10. The summed E-state index contributed by atoms with van der Waals surface area (Å²) < 4.78 is 5.20. The zero-order valence-corrected chi connectivity index (χ0v) is 16.2. The van der Waals surface area contributed by atoms with Crippen LogP contribution in [-0.4, -0.2) is 23.4 Å². The monoisotopic (exact) mass is 402 g/mol. The fourth-order valence-corrected chi connectivity index (χ4v) is 3.19. The first-order chi connectivity index (χ1) is 13.2. The summed E-state index contributed by atoms with van der Waals surface area (Å²) in [5, 5.41) is 14.3. The van der Waals surface area contributed by atoms with Crippen molar-refractivity contribution < 1.29 is 19.2 Å². The maximum absolute atomic E-state index is 12.5. The van der Waals surface area contributed by atoms with Crippen LogP contribution >= 0.6 is 11.6 Å². The Labute approximate surface area is 166 Å². The van der Waals surface area contributed by atoms with Gasteiger partial charge in [0.05, 0.1) is 10.3 Å². The van der Waals surface area contributed by atoms with Gasteiger partial charge in [0.15, 0.2) is 6.61 Å². The number of hydrogen-bond acceptors (Lipinski definition) is 5. The average molecular weight is 403 g/mol. The van der Waals surface area contributed by atoms with Crippen molar-refractivity contribution >= 4 is 34.9 Å². The quantitative estimate of drug-likeness (QED) is 0.446. The van der Waals surface area contributed by atoms with Crippen LogP contribution in [0.15, 0.2) is 36.4 Å². The van der Waals surface area contributed by atoms with E-state index in [2.05, 4.69) is 5.32 Å². The van der Waals surface area contributed by atoms with Gasteiger partial charge in [0, 0.05) is 11.1 Å². The van der Waals surface area contributed by atoms with Crippen molar-refractivity contribution in [3.05, 3.63) is 68.2 Å². The molecule has 7 nitrogen and oxygen atoms in total. The van der Waals surface area contributed by atoms with Gasteiger partial charge in [-0.05, 0) is 55.5 Å². The van der Waals surface area contributed by atoms with Gasteiger partial charge < -0.3 is 10.1 Å². The molecule has 0 unspecified atom stereocenters. The molecule has 3 rings (SSSR count). The van der Waals surface area contributed by atoms with Crippen LogP contribution in [0.3, 0.4) is 0 Å². The molecule has 1 fully saturated rings. The summed E-state index contributed by atoms with van der Waals surface area (Å²) >= 11 is 5.88. The van der Waals surface area contributed by atoms with Gasteiger partial charge >= 0.3 is 5.97 Å². The number of nitrogens with zero attached hydrogens (tertiary/aromatic N) is 1. The van der Waals surface area contributed by atoms with E-state index >= 15 is 0 Å². The van der Waals surface area contributed by atoms with Crippen molar-refractivity contribution in [2.45, 2.75) is 32.1 Å². The molecule has 28 heavy (non-hydrogen) atoms. The molecule has 1 N–H and O–H groups in total. The minimum atomic E-state index is -0.740. The van der Waals surface area contributed by atoms with Gasteiger partial charge in [-0.3, -0.25) is 19.7 Å². The number of nitro benzene ring substituents is 1. The second kappa shape index (κ2) is 7.59. The Morgan fingerprint density at radius 2 is 1.82 bits per heavy atom. The van der Waals surface area contributed by atoms with E-state index in [1.54, 1.807) is 44.2 Å². The third kappa shape index (κ3) is 3.84. The number of carbonyl (C=O) groups excluding carboxylic acids is 2. The minimum absolute atomic E-state index is 0.116. The molecule has 0 radical (unpaired) electrons. The topological polar surface area (TPSA) is 98.5 Å². The van der Waals surface area contributed by atoms with Crippen molar-refractivity contribution in [3.8, 4) is 0 Å². The van der Waals surface area contributed by atoms with Crippen LogP contribution in [-0.2, 0) is 19.7 Å². The van der Waals surface area contributed by atoms with Crippen LogP contribution in [0.4, 0.5) is 11.4 Å². The lowest BCUT2D eigenvalue weighted by molar-refractivity contribution is -0.384. The van der Waals surface area contributed by atoms with Crippen molar-refractivity contribution in [3.63, 3.8) is 0 Å². The maximum Gasteiger partial charge on any atom is 0.317 e. The molecule has 0 spiro atoms. The Kier molecular flexibility index (Phi) is 5.38. The summed E-state index contributed by atoms with van der Waals surface area (Å²) in [6.07, 6.45) is 1.27. The number of aryl methyl sites for hydroxylation is 1. The van der Waals surface area contributed by atoms with Gasteiger partial charge in [-0.15, -0.1) is 0 Å². The molecular weight excluding hydrogens is 384 g/mol. The normalized spacial score (nSPS) is 14.2. The van der Waals surface area contributed by atoms with Crippen molar-refractivity contribution in [2.75, 3.05) is 11.9 Å². The SMILES string of the molecule is Cc1ccc([N+](=O)[O-])c(NC(=O)COC(=O)C2(c3ccc(Cl)cc3)CC2)c1C. The molecule has 8 heteroatoms. The second-order valence-corrected chi connectivity index (χ2v) is 7.31. The lowest BCUT2D eigenvalue weighted by atomic mass is 9.96. The number of benzene rings is 2. The molecule has 146 valence electrons. The highest BCUT2D eigenvalue weighted by atomic mass is 35.5. The van der Waals surface area contributed by atoms with E-state index in [4.69, 9.17) is 16.3 Å². The van der Waals surface area contributed by atoms with E-state index in [0.29, 0.717) is 23.4 Å². The van der Waals surface area contributed by atoms with Crippen molar-refractivity contribution in [2.24, 2.45) is 0 Å². The Hall–Kier alpha value is -2.93. The molecular formula is C20H19ClN2O5. The van der Waals surface area contributed by atoms with Crippen LogP contribution in [0.1, 0.15) is 29.5 Å². The number of carbonyl (C=O) groups is 2. The lowest BCUT2D eigenvalue weighted by Crippen LogP contribution is -2.28. The fourth-order valence-electron chi connectivity index (χ4n) is 3.06. The number of nitro groups is 1. The first-order valence-electron chi connectivity index (χ1n) is 8.72. The van der Waals surface area contributed by atoms with Gasteiger partial charge in [-0.1, -0.05) is 29.8 Å². The predicted octanol–water partition coefficient (Wildman–Crippen LogP) is 4.08. The molecule has 0 atom stereocenters. The first kappa shape index (κ1) is 19.8. The molecule has 1 aliphatic carbocycles. The fraction of sp³-hybridized carbons (Fsp3) is 0.300. The Balaban J connectivity index is 1.67. The molecule has 1 amide bonds. The Bertz CT molecular complexity index is 952. The smallest absolute Gasteiger partial charge is 0.317 e. The summed E-state index contributed by atoms with van der Waals surface area (Å²) in [5.41, 5.74) is 1.36. The van der Waals surface area contributed by atoms with Gasteiger partial charge in [0.1, 0.15) is 5.69 Å². The zero-order valence-electron chi connectivity index (χ0n) is 15.5. The number of esters is 1. The number of hydrogen-bond donors (Lipinski definition) is 1. The average Bonchev–Trinajstić information content (AvgIpc) is 3.46. The van der Waals surface area contributed by atoms with Gasteiger partial charge in [-0.25, -0.2) is 0 Å². The summed E-state index contributed by atoms with van der Waals surface area (Å²) in [7, 11) is 0. The summed E-state index contributed by atoms with van der Waals surface area (Å²) in [6, 6.07) is 9.91. The summed E-state index contributed by atoms with van der Waals surface area (Å²) in [6.45, 7) is 2.96. The maximum atomic E-state index is 12.5. The third-order valence-electron chi connectivity index (χ3n) is 5.05. The molecule has 0 saturated heterocycles. The number of amides is 1. The largest absolute Gasteiger partial charge is 0.455 e. The van der Waals surface area contributed by atoms with E-state index in [1.165, 1.54) is 6.07 Å². The van der Waals surface area contributed by atoms with Crippen LogP contribution < -0.4 is 5.32 Å². The van der Waals surface area contributed by atoms with Gasteiger partial charge in [-0.2, -0.15) is 0 Å². The van der Waals surface area contributed by atoms with Crippen molar-refractivity contribution in [1.82, 2.24) is 0 Å². The van der Waals surface area contributed by atoms with Gasteiger partial charge in [0.2, 0.25) is 0 Å². The van der Waals surface area contributed by atoms with E-state index in [1.807, 2.05) is 0 Å². The lowest BCUT2D eigenvalue weighted by Gasteiger charge is -2.15. The molecule has 0 heterocycles. The molecule has 0 bridgehead atoms. The Morgan fingerprint density at radius 3 is 2.39 bits per heavy atom. The highest BCUT2D eigenvalue weighted by Gasteiger charge is 2.52. The van der Waals surface area contributed by atoms with Crippen LogP contribution in [0.25, 0.3) is 0 Å². The molecule has 1 aliphatic rings. The highest BCUT2D eigenvalue weighted by molar-refractivity contribution is 6.30. The van der Waals surface area contributed by atoms with E-state index in [0.717, 1.165) is 11.1 Å². The molecule has 2 aromatic carbocycles. The number of ether oxygens (including phenoxy) is 1. The predicted molar refractivity (Wildman–Crippen MR) is 105 cm³/mol. The molecule has 2 aromatic rings. The van der Waals surface area contributed by atoms with Crippen LogP contribution in [0.2, 0.25) is 5.02 Å². The number of nitrogens with one attached hydrogen (secondary N) is 1. The Morgan fingerprint density at radius 1 is 1.18 bits per heavy atom. The van der Waals surface area contributed by atoms with Crippen LogP contribution in [0, 0.1) is 24.0 Å². The van der Waals surface area contributed by atoms with E-state index < -0.39 is 28.8 Å². The highest BCUT2D eigenvalue weighted by Crippen LogP contribution is 2.49. The third-order valence-corrected chi connectivity index (χ3v) is 5.30. The number of anilines is 1. The minimum Gasteiger partial charge on any atom is -0.455 e. The number of halogens is 1. The van der Waals surface area contributed by atoms with Gasteiger partial charge in [0.25, 0.3) is 11.6 Å². The molecule has 0 aromatic heterocycles. The molecule has 1 saturated carbocycles. The van der Waals surface area contributed by atoms with E-state index in [9.17, 15) is 19.7 Å².